The van der Waals surface area contributed by atoms with Crippen LogP contribution < -0.4 is 10.6 Å². The van der Waals surface area contributed by atoms with Crippen LogP contribution in [0.1, 0.15) is 25.3 Å². The lowest BCUT2D eigenvalue weighted by molar-refractivity contribution is -0.147. The molecule has 0 aliphatic heterocycles. The quantitative estimate of drug-likeness (QED) is 0.702. The number of carbonyl (C=O) groups is 3. The second kappa shape index (κ2) is 5.32. The normalized spacial score (nSPS) is 15.2. The van der Waals surface area contributed by atoms with Crippen molar-refractivity contribution < 1.29 is 19.5 Å². The first-order valence-electron chi connectivity index (χ1n) is 6.32. The second-order valence-corrected chi connectivity index (χ2v) is 4.95. The molecule has 2 rings (SSSR count). The third kappa shape index (κ3) is 2.96. The standard InChI is InChI=1S/C14H16N2O4/c1-9(17)15-8-10-2-4-11(5-3-10)16-12(18)14(6-7-14)13(19)20/h2-5H,6-8H2,1H3,(H,15,17)(H,16,18)(H,19,20). The Balaban J connectivity index is 1.96. The minimum absolute atomic E-state index is 0.112. The van der Waals surface area contributed by atoms with Crippen molar-refractivity contribution in [3.63, 3.8) is 0 Å². The molecule has 0 spiro atoms. The van der Waals surface area contributed by atoms with Crippen LogP contribution in [-0.4, -0.2) is 22.9 Å². The summed E-state index contributed by atoms with van der Waals surface area (Å²) in [6, 6.07) is 6.91. The maximum atomic E-state index is 11.9. The summed E-state index contributed by atoms with van der Waals surface area (Å²) in [4.78, 5) is 33.7. The van der Waals surface area contributed by atoms with Crippen LogP contribution in [-0.2, 0) is 20.9 Å². The molecule has 0 heterocycles. The molecule has 1 aliphatic carbocycles. The number of hydrogen-bond acceptors (Lipinski definition) is 3. The van der Waals surface area contributed by atoms with Crippen LogP contribution in [0.2, 0.25) is 0 Å². The van der Waals surface area contributed by atoms with Crippen molar-refractivity contribution >= 4 is 23.5 Å². The van der Waals surface area contributed by atoms with Crippen LogP contribution in [0.5, 0.6) is 0 Å². The van der Waals surface area contributed by atoms with E-state index in [-0.39, 0.29) is 5.91 Å². The lowest BCUT2D eigenvalue weighted by Crippen LogP contribution is -2.31. The Hall–Kier alpha value is -2.37. The summed E-state index contributed by atoms with van der Waals surface area (Å²) in [5.41, 5.74) is 0.209. The van der Waals surface area contributed by atoms with Gasteiger partial charge in [-0.15, -0.1) is 0 Å². The van der Waals surface area contributed by atoms with Crippen molar-refractivity contribution in [2.75, 3.05) is 5.32 Å². The van der Waals surface area contributed by atoms with Gasteiger partial charge in [0.2, 0.25) is 11.8 Å². The molecule has 106 valence electrons. The fourth-order valence-corrected chi connectivity index (χ4v) is 1.85. The van der Waals surface area contributed by atoms with E-state index < -0.39 is 17.3 Å². The Morgan fingerprint density at radius 1 is 1.20 bits per heavy atom. The van der Waals surface area contributed by atoms with E-state index in [9.17, 15) is 14.4 Å². The Morgan fingerprint density at radius 3 is 2.25 bits per heavy atom. The number of carbonyl (C=O) groups excluding carboxylic acids is 2. The van der Waals surface area contributed by atoms with Gasteiger partial charge in [-0.3, -0.25) is 14.4 Å². The fourth-order valence-electron chi connectivity index (χ4n) is 1.85. The summed E-state index contributed by atoms with van der Waals surface area (Å²) in [6.45, 7) is 1.86. The van der Waals surface area contributed by atoms with Gasteiger partial charge < -0.3 is 15.7 Å². The van der Waals surface area contributed by atoms with E-state index in [4.69, 9.17) is 5.11 Å². The maximum Gasteiger partial charge on any atom is 0.319 e. The van der Waals surface area contributed by atoms with Crippen molar-refractivity contribution in [1.82, 2.24) is 5.32 Å². The lowest BCUT2D eigenvalue weighted by Gasteiger charge is -2.11. The Morgan fingerprint density at radius 2 is 1.80 bits per heavy atom. The van der Waals surface area contributed by atoms with E-state index >= 15 is 0 Å². The minimum atomic E-state index is -1.24. The summed E-state index contributed by atoms with van der Waals surface area (Å²) in [5, 5.41) is 14.3. The molecule has 6 nitrogen and oxygen atoms in total. The molecule has 1 aromatic rings. The maximum absolute atomic E-state index is 11.9. The molecule has 3 N–H and O–H groups in total. The van der Waals surface area contributed by atoms with Gasteiger partial charge >= 0.3 is 5.97 Å². The fraction of sp³-hybridized carbons (Fsp3) is 0.357. The SMILES string of the molecule is CC(=O)NCc1ccc(NC(=O)C2(C(=O)O)CC2)cc1. The summed E-state index contributed by atoms with van der Waals surface area (Å²) in [5.74, 6) is -1.66. The van der Waals surface area contributed by atoms with Gasteiger partial charge in [-0.05, 0) is 30.5 Å². The molecule has 2 amide bonds. The van der Waals surface area contributed by atoms with Gasteiger partial charge in [0.15, 0.2) is 0 Å². The lowest BCUT2D eigenvalue weighted by atomic mass is 10.1. The molecule has 0 saturated heterocycles. The van der Waals surface area contributed by atoms with Gasteiger partial charge in [-0.1, -0.05) is 12.1 Å². The Kier molecular flexibility index (Phi) is 3.74. The molecule has 1 saturated carbocycles. The highest BCUT2D eigenvalue weighted by molar-refractivity contribution is 6.10. The zero-order valence-corrected chi connectivity index (χ0v) is 11.1. The molecule has 0 unspecified atom stereocenters. The number of rotatable bonds is 5. The van der Waals surface area contributed by atoms with Crippen molar-refractivity contribution in [3.05, 3.63) is 29.8 Å². The van der Waals surface area contributed by atoms with Gasteiger partial charge in [0.1, 0.15) is 5.41 Å². The molecule has 0 atom stereocenters. The number of anilines is 1. The van der Waals surface area contributed by atoms with Crippen LogP contribution in [0.25, 0.3) is 0 Å². The van der Waals surface area contributed by atoms with Gasteiger partial charge in [-0.25, -0.2) is 0 Å². The highest BCUT2D eigenvalue weighted by atomic mass is 16.4. The first-order chi connectivity index (χ1) is 9.44. The minimum Gasteiger partial charge on any atom is -0.480 e. The van der Waals surface area contributed by atoms with Gasteiger partial charge in [0, 0.05) is 19.2 Å². The first kappa shape index (κ1) is 14.0. The molecule has 1 aromatic carbocycles. The zero-order chi connectivity index (χ0) is 14.8. The smallest absolute Gasteiger partial charge is 0.319 e. The molecule has 1 aliphatic rings. The number of nitrogens with one attached hydrogen (secondary N) is 2. The number of hydrogen-bond donors (Lipinski definition) is 3. The molecular formula is C14H16N2O4. The molecular weight excluding hydrogens is 260 g/mol. The second-order valence-electron chi connectivity index (χ2n) is 4.95. The zero-order valence-electron chi connectivity index (χ0n) is 11.1. The number of benzene rings is 1. The summed E-state index contributed by atoms with van der Waals surface area (Å²) < 4.78 is 0. The van der Waals surface area contributed by atoms with Crippen LogP contribution in [0.4, 0.5) is 5.69 Å². The summed E-state index contributed by atoms with van der Waals surface area (Å²) >= 11 is 0. The monoisotopic (exact) mass is 276 g/mol. The Labute approximate surface area is 116 Å². The van der Waals surface area contributed by atoms with Crippen LogP contribution in [0.3, 0.4) is 0 Å². The van der Waals surface area contributed by atoms with E-state index in [1.165, 1.54) is 6.92 Å². The average Bonchev–Trinajstić information content (AvgIpc) is 3.19. The first-order valence-corrected chi connectivity index (χ1v) is 6.32. The van der Waals surface area contributed by atoms with Gasteiger partial charge in [0.25, 0.3) is 0 Å². The third-order valence-corrected chi connectivity index (χ3v) is 3.35. The topological polar surface area (TPSA) is 95.5 Å². The van der Waals surface area contributed by atoms with E-state index in [0.717, 1.165) is 5.56 Å². The van der Waals surface area contributed by atoms with Crippen LogP contribution >= 0.6 is 0 Å². The van der Waals surface area contributed by atoms with Gasteiger partial charge in [0.05, 0.1) is 0 Å². The number of carboxylic acids is 1. The van der Waals surface area contributed by atoms with Crippen molar-refractivity contribution in [1.29, 1.82) is 0 Å². The predicted molar refractivity (Wildman–Crippen MR) is 71.9 cm³/mol. The highest BCUT2D eigenvalue weighted by Crippen LogP contribution is 2.46. The summed E-state index contributed by atoms with van der Waals surface area (Å²) in [6.07, 6.45) is 0.767. The molecule has 0 radical (unpaired) electrons. The van der Waals surface area contributed by atoms with E-state index in [0.29, 0.717) is 25.1 Å². The van der Waals surface area contributed by atoms with Crippen molar-refractivity contribution in [3.8, 4) is 0 Å². The number of carboxylic acid groups (broad SMARTS) is 1. The number of amides is 2. The molecule has 0 bridgehead atoms. The predicted octanol–water partition coefficient (Wildman–Crippen LogP) is 1.13. The van der Waals surface area contributed by atoms with Crippen molar-refractivity contribution in [2.45, 2.75) is 26.3 Å². The van der Waals surface area contributed by atoms with E-state index in [2.05, 4.69) is 10.6 Å². The average molecular weight is 276 g/mol. The largest absolute Gasteiger partial charge is 0.480 e. The highest BCUT2D eigenvalue weighted by Gasteiger charge is 2.57. The van der Waals surface area contributed by atoms with E-state index in [1.807, 2.05) is 0 Å². The molecule has 1 fully saturated rings. The Bertz CT molecular complexity index is 547. The van der Waals surface area contributed by atoms with Crippen molar-refractivity contribution in [2.24, 2.45) is 5.41 Å². The number of aliphatic carboxylic acids is 1. The third-order valence-electron chi connectivity index (χ3n) is 3.35. The molecule has 0 aromatic heterocycles. The molecule has 6 heteroatoms. The van der Waals surface area contributed by atoms with E-state index in [1.54, 1.807) is 24.3 Å². The van der Waals surface area contributed by atoms with Crippen LogP contribution in [0.15, 0.2) is 24.3 Å². The summed E-state index contributed by atoms with van der Waals surface area (Å²) in [7, 11) is 0. The molecule has 20 heavy (non-hydrogen) atoms. The van der Waals surface area contributed by atoms with Gasteiger partial charge in [-0.2, -0.15) is 0 Å². The van der Waals surface area contributed by atoms with Crippen LogP contribution in [0, 0.1) is 5.41 Å².